The molecule has 0 radical (unpaired) electrons. The molecule has 1 N–H and O–H groups in total. The van der Waals surface area contributed by atoms with Crippen LogP contribution in [0.25, 0.3) is 0 Å². The first-order valence-corrected chi connectivity index (χ1v) is 5.22. The van der Waals surface area contributed by atoms with Gasteiger partial charge in [-0.25, -0.2) is 8.78 Å². The summed E-state index contributed by atoms with van der Waals surface area (Å²) < 4.78 is 27.1. The first kappa shape index (κ1) is 13.6. The maximum Gasteiger partial charge on any atom is 0.259 e. The van der Waals surface area contributed by atoms with Crippen molar-refractivity contribution >= 4 is 5.91 Å². The lowest BCUT2D eigenvalue weighted by Gasteiger charge is -2.19. The standard InChI is InChI=1S/C12H15F2NO2/c1-7-4-5-9(13)10(11(7)14)12(17)15(3)6-8(2)16/h4-5,8,16H,6H2,1-3H3. The Labute approximate surface area is 98.7 Å². The van der Waals surface area contributed by atoms with Gasteiger partial charge in [0.2, 0.25) is 0 Å². The fourth-order valence-electron chi connectivity index (χ4n) is 1.52. The predicted octanol–water partition coefficient (Wildman–Crippen LogP) is 1.73. The Morgan fingerprint density at radius 2 is 2.06 bits per heavy atom. The van der Waals surface area contributed by atoms with E-state index in [4.69, 9.17) is 5.11 Å². The van der Waals surface area contributed by atoms with Crippen molar-refractivity contribution < 1.29 is 18.7 Å². The predicted molar refractivity (Wildman–Crippen MR) is 59.7 cm³/mol. The lowest BCUT2D eigenvalue weighted by Crippen LogP contribution is -2.34. The van der Waals surface area contributed by atoms with Gasteiger partial charge in [0.15, 0.2) is 0 Å². The molecule has 0 aliphatic rings. The zero-order chi connectivity index (χ0) is 13.2. The number of amides is 1. The number of hydrogen-bond donors (Lipinski definition) is 1. The van der Waals surface area contributed by atoms with Gasteiger partial charge in [0.05, 0.1) is 6.10 Å². The third kappa shape index (κ3) is 3.00. The van der Waals surface area contributed by atoms with Crippen molar-refractivity contribution in [1.29, 1.82) is 0 Å². The number of rotatable bonds is 3. The van der Waals surface area contributed by atoms with Crippen molar-refractivity contribution in [2.75, 3.05) is 13.6 Å². The van der Waals surface area contributed by atoms with E-state index in [9.17, 15) is 13.6 Å². The summed E-state index contributed by atoms with van der Waals surface area (Å²) in [5, 5.41) is 9.13. The van der Waals surface area contributed by atoms with Crippen molar-refractivity contribution in [3.05, 3.63) is 34.9 Å². The number of carbonyl (C=O) groups excluding carboxylic acids is 1. The zero-order valence-electron chi connectivity index (χ0n) is 10.00. The lowest BCUT2D eigenvalue weighted by atomic mass is 10.1. The van der Waals surface area contributed by atoms with Gasteiger partial charge in [-0.3, -0.25) is 4.79 Å². The Balaban J connectivity index is 3.08. The molecule has 1 amide bonds. The molecule has 0 spiro atoms. The van der Waals surface area contributed by atoms with Gasteiger partial charge in [0.25, 0.3) is 5.91 Å². The minimum Gasteiger partial charge on any atom is -0.392 e. The molecule has 1 aromatic rings. The van der Waals surface area contributed by atoms with Crippen LogP contribution in [-0.2, 0) is 0 Å². The molecule has 1 rings (SSSR count). The highest BCUT2D eigenvalue weighted by Crippen LogP contribution is 2.17. The van der Waals surface area contributed by atoms with E-state index in [1.54, 1.807) is 0 Å². The first-order valence-electron chi connectivity index (χ1n) is 5.22. The summed E-state index contributed by atoms with van der Waals surface area (Å²) in [5.74, 6) is -2.52. The van der Waals surface area contributed by atoms with E-state index >= 15 is 0 Å². The van der Waals surface area contributed by atoms with Crippen LogP contribution in [-0.4, -0.2) is 35.6 Å². The molecule has 1 aromatic carbocycles. The molecule has 0 bridgehead atoms. The lowest BCUT2D eigenvalue weighted by molar-refractivity contribution is 0.0694. The summed E-state index contributed by atoms with van der Waals surface area (Å²) in [4.78, 5) is 12.9. The number of aryl methyl sites for hydroxylation is 1. The van der Waals surface area contributed by atoms with Crippen LogP contribution in [0.15, 0.2) is 12.1 Å². The Morgan fingerprint density at radius 3 is 2.59 bits per heavy atom. The number of carbonyl (C=O) groups is 1. The summed E-state index contributed by atoms with van der Waals surface area (Å²) in [6.45, 7) is 2.97. The molecule has 0 saturated carbocycles. The number of likely N-dealkylation sites (N-methyl/N-ethyl adjacent to an activating group) is 1. The molecule has 0 heterocycles. The summed E-state index contributed by atoms with van der Waals surface area (Å²) in [6, 6.07) is 2.33. The largest absolute Gasteiger partial charge is 0.392 e. The Kier molecular flexibility index (Phi) is 4.17. The van der Waals surface area contributed by atoms with E-state index in [1.807, 2.05) is 0 Å². The van der Waals surface area contributed by atoms with Crippen LogP contribution >= 0.6 is 0 Å². The fraction of sp³-hybridized carbons (Fsp3) is 0.417. The van der Waals surface area contributed by atoms with Crippen molar-refractivity contribution in [3.8, 4) is 0 Å². The van der Waals surface area contributed by atoms with Crippen LogP contribution in [0.5, 0.6) is 0 Å². The topological polar surface area (TPSA) is 40.5 Å². The Morgan fingerprint density at radius 1 is 1.47 bits per heavy atom. The van der Waals surface area contributed by atoms with E-state index in [2.05, 4.69) is 0 Å². The van der Waals surface area contributed by atoms with Crippen LogP contribution in [0.1, 0.15) is 22.8 Å². The molecule has 0 aliphatic heterocycles. The van der Waals surface area contributed by atoms with Crippen molar-refractivity contribution in [2.45, 2.75) is 20.0 Å². The van der Waals surface area contributed by atoms with Gasteiger partial charge in [-0.1, -0.05) is 6.07 Å². The molecule has 94 valence electrons. The molecule has 0 aromatic heterocycles. The summed E-state index contributed by atoms with van der Waals surface area (Å²) in [6.07, 6.45) is -0.750. The summed E-state index contributed by atoms with van der Waals surface area (Å²) in [5.41, 5.74) is -0.367. The number of aliphatic hydroxyl groups excluding tert-OH is 1. The molecule has 3 nitrogen and oxygen atoms in total. The minimum atomic E-state index is -0.893. The van der Waals surface area contributed by atoms with Crippen molar-refractivity contribution in [3.63, 3.8) is 0 Å². The molecular formula is C12H15F2NO2. The summed E-state index contributed by atoms with van der Waals surface area (Å²) >= 11 is 0. The maximum atomic E-state index is 13.7. The molecule has 17 heavy (non-hydrogen) atoms. The van der Waals surface area contributed by atoms with E-state index in [-0.39, 0.29) is 12.1 Å². The van der Waals surface area contributed by atoms with Gasteiger partial charge >= 0.3 is 0 Å². The molecule has 5 heteroatoms. The van der Waals surface area contributed by atoms with E-state index in [0.29, 0.717) is 0 Å². The normalized spacial score (nSPS) is 12.4. The van der Waals surface area contributed by atoms with Gasteiger partial charge in [0, 0.05) is 13.6 Å². The summed E-state index contributed by atoms with van der Waals surface area (Å²) in [7, 11) is 1.39. The highest BCUT2D eigenvalue weighted by Gasteiger charge is 2.22. The van der Waals surface area contributed by atoms with Crippen LogP contribution < -0.4 is 0 Å². The molecule has 0 saturated heterocycles. The molecule has 0 fully saturated rings. The SMILES string of the molecule is Cc1ccc(F)c(C(=O)N(C)CC(C)O)c1F. The third-order valence-corrected chi connectivity index (χ3v) is 2.38. The van der Waals surface area contributed by atoms with Gasteiger partial charge in [-0.15, -0.1) is 0 Å². The van der Waals surface area contributed by atoms with Gasteiger partial charge < -0.3 is 10.0 Å². The average molecular weight is 243 g/mol. The van der Waals surface area contributed by atoms with Crippen molar-refractivity contribution in [1.82, 2.24) is 4.90 Å². The van der Waals surface area contributed by atoms with Crippen LogP contribution in [0.2, 0.25) is 0 Å². The number of hydrogen-bond acceptors (Lipinski definition) is 2. The number of benzene rings is 1. The van der Waals surface area contributed by atoms with Crippen LogP contribution in [0.3, 0.4) is 0 Å². The Hall–Kier alpha value is -1.49. The third-order valence-electron chi connectivity index (χ3n) is 2.38. The van der Waals surface area contributed by atoms with Crippen LogP contribution in [0.4, 0.5) is 8.78 Å². The van der Waals surface area contributed by atoms with E-state index in [1.165, 1.54) is 27.0 Å². The molecule has 1 unspecified atom stereocenters. The van der Waals surface area contributed by atoms with Crippen molar-refractivity contribution in [2.24, 2.45) is 0 Å². The molecular weight excluding hydrogens is 228 g/mol. The Bertz CT molecular complexity index is 433. The van der Waals surface area contributed by atoms with Crippen LogP contribution in [0, 0.1) is 18.6 Å². The zero-order valence-corrected chi connectivity index (χ0v) is 10.00. The fourth-order valence-corrected chi connectivity index (χ4v) is 1.52. The number of nitrogens with zero attached hydrogens (tertiary/aromatic N) is 1. The highest BCUT2D eigenvalue weighted by molar-refractivity contribution is 5.94. The second-order valence-electron chi connectivity index (χ2n) is 4.09. The van der Waals surface area contributed by atoms with Gasteiger partial charge in [-0.2, -0.15) is 0 Å². The maximum absolute atomic E-state index is 13.7. The second kappa shape index (κ2) is 5.23. The van der Waals surface area contributed by atoms with Gasteiger partial charge in [-0.05, 0) is 25.5 Å². The first-order chi connectivity index (χ1) is 7.84. The average Bonchev–Trinajstić information content (AvgIpc) is 2.23. The smallest absolute Gasteiger partial charge is 0.259 e. The highest BCUT2D eigenvalue weighted by atomic mass is 19.1. The minimum absolute atomic E-state index is 0.0195. The number of aliphatic hydroxyl groups is 1. The van der Waals surface area contributed by atoms with E-state index < -0.39 is 29.2 Å². The number of halogens is 2. The molecule has 0 aliphatic carbocycles. The quantitative estimate of drug-likeness (QED) is 0.878. The van der Waals surface area contributed by atoms with E-state index in [0.717, 1.165) is 11.0 Å². The molecule has 1 atom stereocenters. The monoisotopic (exact) mass is 243 g/mol. The second-order valence-corrected chi connectivity index (χ2v) is 4.09. The van der Waals surface area contributed by atoms with Gasteiger partial charge in [0.1, 0.15) is 17.2 Å².